The Hall–Kier alpha value is 5.42. The second-order valence-corrected chi connectivity index (χ2v) is 69.2. The van der Waals surface area contributed by atoms with Crippen molar-refractivity contribution in [1.82, 2.24) is 0 Å². The number of hydrogen-bond donors (Lipinski definition) is 0. The third kappa shape index (κ3) is 42.5. The van der Waals surface area contributed by atoms with E-state index in [4.69, 9.17) is 31.0 Å². The van der Waals surface area contributed by atoms with Crippen molar-refractivity contribution in [2.45, 2.75) is 463 Å². The van der Waals surface area contributed by atoms with Crippen LogP contribution in [0, 0.1) is 76.9 Å². The molecule has 0 amide bonds. The van der Waals surface area contributed by atoms with Crippen molar-refractivity contribution < 1.29 is 163 Å². The Morgan fingerprint density at radius 1 is 0.219 bits per heavy atom. The van der Waals surface area contributed by atoms with Crippen molar-refractivity contribution in [2.24, 2.45) is 76.9 Å². The van der Waals surface area contributed by atoms with E-state index in [0.717, 1.165) is 76.9 Å². The van der Waals surface area contributed by atoms with Crippen molar-refractivity contribution >= 4 is 58.2 Å². The van der Waals surface area contributed by atoms with Gasteiger partial charge in [0, 0.05) is 30.5 Å². The van der Waals surface area contributed by atoms with E-state index in [2.05, 4.69) is 233 Å². The van der Waals surface area contributed by atoms with Crippen molar-refractivity contribution in [2.75, 3.05) is 0 Å². The van der Waals surface area contributed by atoms with Crippen LogP contribution in [-0.2, 0) is 31.0 Å². The smallest absolute Gasteiger partial charge is 0.414 e. The van der Waals surface area contributed by atoms with Gasteiger partial charge in [-0.3, -0.25) is 0 Å². The molecule has 18 unspecified atom stereocenters. The summed E-state index contributed by atoms with van der Waals surface area (Å²) in [5.74, 6) is 10.5. The van der Waals surface area contributed by atoms with Crippen LogP contribution in [-0.4, -0.2) is 101 Å². The molecule has 0 aliphatic heterocycles. The molecule has 7 rings (SSSR count). The predicted molar refractivity (Wildman–Crippen MR) is 455 cm³/mol. The van der Waals surface area contributed by atoms with E-state index in [0.29, 0.717) is 42.7 Å². The second kappa shape index (κ2) is 61.7. The Morgan fingerprint density at radius 2 is 0.571 bits per heavy atom. The first-order valence-corrected chi connectivity index (χ1v) is 63.0. The van der Waals surface area contributed by atoms with Gasteiger partial charge in [-0.15, -0.1) is 0 Å². The van der Waals surface area contributed by atoms with E-state index in [1.807, 2.05) is 0 Å². The Labute approximate surface area is 752 Å². The quantitative estimate of drug-likeness (QED) is 0.0719. The van der Waals surface area contributed by atoms with E-state index in [1.165, 1.54) is 187 Å². The average molecular weight is 1550 g/mol. The second-order valence-electron chi connectivity index (χ2n) is 36.6. The summed E-state index contributed by atoms with van der Waals surface area (Å²) in [7, 11) is -9.33. The van der Waals surface area contributed by atoms with Crippen LogP contribution >= 0.6 is 0 Å². The van der Waals surface area contributed by atoms with Crippen LogP contribution in [0.1, 0.15) is 290 Å². The molecule has 0 aromatic carbocycles. The van der Waals surface area contributed by atoms with Crippen LogP contribution < -0.4 is 132 Å². The SMILES string of the molecule is CC1C(C)C(C)C(O[Si](C)(C)C)C1C.CC1CC(C)C(O[Si](C)(C)C)C1C.CC[Si](CC)(CC)OC1CC(C)CC1C.CC[Si](CC)(CC)OC1CCC(C)C1.CC[Si](CC)(CC)OC1CCC(C)C1C.CC[Si](CC)(CC)OC1CCCC1.CC[Si](CC)(CC)OC1CCCC1C.[Li+].[Li+].[Li+].[Li+].[Li+].[Li+].[Li+]. The molecule has 0 saturated heterocycles. The minimum atomic E-state index is -1.37. The van der Waals surface area contributed by atoms with Crippen molar-refractivity contribution in [3.63, 3.8) is 0 Å². The van der Waals surface area contributed by atoms with Crippen LogP contribution in [0.3, 0.4) is 0 Å². The van der Waals surface area contributed by atoms with Crippen LogP contribution in [0.15, 0.2) is 0 Å². The normalized spacial score (nSPS) is 30.2. The first-order valence-electron chi connectivity index (χ1n) is 43.5. The van der Waals surface area contributed by atoms with E-state index < -0.39 is 58.2 Å². The Bertz CT molecular complexity index is 1960. The van der Waals surface area contributed by atoms with Gasteiger partial charge >= 0.3 is 132 Å². The van der Waals surface area contributed by atoms with E-state index in [1.54, 1.807) is 0 Å². The fraction of sp³-hybridized carbons (Fsp3) is 1.00. The molecular formula is C84H182Li7O7Si7+7. The topological polar surface area (TPSA) is 64.6 Å². The summed E-state index contributed by atoms with van der Waals surface area (Å²) in [5, 5.41) is 0. The molecule has 21 heteroatoms. The Kier molecular flexibility index (Phi) is 72.6. The molecule has 7 saturated carbocycles. The molecule has 7 nitrogen and oxygen atoms in total. The number of hydrogen-bond acceptors (Lipinski definition) is 7. The minimum Gasteiger partial charge on any atom is -0.414 e. The Morgan fingerprint density at radius 3 is 0.857 bits per heavy atom. The molecule has 7 aliphatic carbocycles. The van der Waals surface area contributed by atoms with Gasteiger partial charge in [-0.25, -0.2) is 0 Å². The van der Waals surface area contributed by atoms with Crippen molar-refractivity contribution in [3.05, 3.63) is 0 Å². The molecule has 7 fully saturated rings. The molecule has 0 aromatic heterocycles. The van der Waals surface area contributed by atoms with Gasteiger partial charge in [0.1, 0.15) is 0 Å². The third-order valence-electron chi connectivity index (χ3n) is 28.1. The maximum atomic E-state index is 6.57. The fourth-order valence-electron chi connectivity index (χ4n) is 18.5. The molecule has 0 aromatic rings. The zero-order valence-electron chi connectivity index (χ0n) is 80.1. The van der Waals surface area contributed by atoms with E-state index in [-0.39, 0.29) is 132 Å². The summed E-state index contributed by atoms with van der Waals surface area (Å²) in [6.45, 7) is 79.2. The molecule has 0 N–H and O–H groups in total. The van der Waals surface area contributed by atoms with Crippen LogP contribution in [0.2, 0.25) is 130 Å². The minimum absolute atomic E-state index is 0. The van der Waals surface area contributed by atoms with Gasteiger partial charge < -0.3 is 31.0 Å². The predicted octanol–water partition coefficient (Wildman–Crippen LogP) is 7.54. The number of rotatable bonds is 29. The summed E-state index contributed by atoms with van der Waals surface area (Å²) < 4.78 is 45.0. The molecule has 0 heterocycles. The maximum Gasteiger partial charge on any atom is 1.00 e. The third-order valence-corrected chi connectivity index (χ3v) is 53.5. The van der Waals surface area contributed by atoms with E-state index in [9.17, 15) is 0 Å². The standard InChI is InChI=1S/2C13H28OSi.3C12H26OSi.2C11H24OSi.7Li/c1-6-15(7-2,8-3)14-13-10-11(4)9-12(13)5;1-6-15(7-2,8-3)14-13-10-9-11(4)12(13)5;1-8-9(2)11(4)12(10(8)3)13-14(5,6)7;1-5-14(6-2,7-3)13-12-9-8-11(4)10-12;1-5-14(6-2,7-3)13-12-10-8-9-11(12)4;1-8-7-9(2)11(10(8)3)12-13(4,5)6;1-4-13(5-2,6-3)12-11-9-7-8-10-11;;;;;;;/h2*11-13H,6-10H2,1-5H3;8-12H,1-7H3;2*11-12H,5-10H2,1-4H3;8-11H,7H2,1-6H3;11H,4-10H2,1-3H3;;;;;;;/q;;;;;;;7*+1. The average Bonchev–Trinajstić information content (AvgIpc) is 1.67. The van der Waals surface area contributed by atoms with Crippen LogP contribution in [0.4, 0.5) is 0 Å². The zero-order valence-corrected chi connectivity index (χ0v) is 87.1. The van der Waals surface area contributed by atoms with Gasteiger partial charge in [0.25, 0.3) is 0 Å². The first kappa shape index (κ1) is 124. The first-order chi connectivity index (χ1) is 45.8. The maximum absolute atomic E-state index is 6.57. The summed E-state index contributed by atoms with van der Waals surface area (Å²) in [5.41, 5.74) is 0. The summed E-state index contributed by atoms with van der Waals surface area (Å²) >= 11 is 0. The largest absolute Gasteiger partial charge is 1.00 e. The van der Waals surface area contributed by atoms with Crippen LogP contribution in [0.25, 0.3) is 0 Å². The Balaban J connectivity index is -0.000000211. The van der Waals surface area contributed by atoms with E-state index >= 15 is 0 Å². The van der Waals surface area contributed by atoms with Gasteiger partial charge in [-0.2, -0.15) is 0 Å². The van der Waals surface area contributed by atoms with Crippen LogP contribution in [0.5, 0.6) is 0 Å². The van der Waals surface area contributed by atoms with Crippen molar-refractivity contribution in [3.8, 4) is 0 Å². The summed E-state index contributed by atoms with van der Waals surface area (Å²) in [4.78, 5) is 0. The molecular weight excluding hydrogens is 1370 g/mol. The molecule has 588 valence electrons. The molecule has 7 aliphatic rings. The zero-order chi connectivity index (χ0) is 75.2. The van der Waals surface area contributed by atoms with Gasteiger partial charge in [0.05, 0.1) is 12.2 Å². The monoisotopic (exact) mass is 1550 g/mol. The summed E-state index contributed by atoms with van der Waals surface area (Å²) in [6.07, 6.45) is 24.2. The summed E-state index contributed by atoms with van der Waals surface area (Å²) in [6, 6.07) is 19.4. The molecule has 0 spiro atoms. The van der Waals surface area contributed by atoms with Gasteiger partial charge in [0.15, 0.2) is 58.2 Å². The molecule has 0 bridgehead atoms. The molecule has 18 atom stereocenters. The van der Waals surface area contributed by atoms with Gasteiger partial charge in [0.2, 0.25) is 0 Å². The fourth-order valence-corrected chi connectivity index (χ4v) is 35.8. The molecule has 0 radical (unpaired) electrons. The van der Waals surface area contributed by atoms with Gasteiger partial charge in [-0.05, 0) is 284 Å². The van der Waals surface area contributed by atoms with Crippen molar-refractivity contribution in [1.29, 1.82) is 0 Å². The molecule has 105 heavy (non-hydrogen) atoms. The van der Waals surface area contributed by atoms with Gasteiger partial charge in [-0.1, -0.05) is 213 Å².